The molecule has 0 aromatic rings. The summed E-state index contributed by atoms with van der Waals surface area (Å²) >= 11 is 0. The van der Waals surface area contributed by atoms with E-state index in [0.29, 0.717) is 17.4 Å². The first-order valence-corrected chi connectivity index (χ1v) is 37.4. The first kappa shape index (κ1) is 84.2. The molecule has 1 N–H and O–H groups in total. The second-order valence-corrected chi connectivity index (χ2v) is 26.3. The number of hydrogen-bond acceptors (Lipinski definition) is 7. The van der Waals surface area contributed by atoms with Gasteiger partial charge in [-0.3, -0.25) is 18.6 Å². The molecular formula is C78H135NO8P+. The SMILES string of the molecule is CC/C=C\C/C=C\C/C=C\C/C=C\C/C=C\C/C=C\C/C=C\C/C=C\C/C=C\C/C=C\CCCCCCCCCCC(=O)OC(COC(=O)CCCCCCCCCCCCCCC/C=C\CCCCCCCCCC)COP(=O)(O)OCC[N+](C)(C)C. The Bertz CT molecular complexity index is 1950. The van der Waals surface area contributed by atoms with Gasteiger partial charge in [-0.15, -0.1) is 0 Å². The van der Waals surface area contributed by atoms with Crippen molar-refractivity contribution in [3.8, 4) is 0 Å². The van der Waals surface area contributed by atoms with Gasteiger partial charge in [0.15, 0.2) is 6.10 Å². The first-order chi connectivity index (χ1) is 43.0. The topological polar surface area (TPSA) is 108 Å². The monoisotopic (exact) mass is 1240 g/mol. The lowest BCUT2D eigenvalue weighted by Crippen LogP contribution is -2.37. The molecule has 0 rings (SSSR count). The van der Waals surface area contributed by atoms with Crippen LogP contribution < -0.4 is 0 Å². The van der Waals surface area contributed by atoms with Gasteiger partial charge in [-0.1, -0.05) is 302 Å². The van der Waals surface area contributed by atoms with Gasteiger partial charge in [-0.2, -0.15) is 0 Å². The van der Waals surface area contributed by atoms with E-state index in [-0.39, 0.29) is 32.0 Å². The molecule has 10 heteroatoms. The summed E-state index contributed by atoms with van der Waals surface area (Å²) in [6.45, 7) is 4.33. The van der Waals surface area contributed by atoms with Crippen LogP contribution in [0.15, 0.2) is 134 Å². The Hall–Kier alpha value is -3.85. The highest BCUT2D eigenvalue weighted by Gasteiger charge is 2.27. The number of phosphoric acid groups is 1. The number of carbonyl (C=O) groups is 2. The Kier molecular flexibility index (Phi) is 64.6. The molecule has 0 amide bonds. The van der Waals surface area contributed by atoms with E-state index in [1.54, 1.807) is 0 Å². The molecule has 0 heterocycles. The normalized spacial score (nSPS) is 13.9. The minimum atomic E-state index is -4.40. The molecule has 0 saturated carbocycles. The lowest BCUT2D eigenvalue weighted by molar-refractivity contribution is -0.870. The maximum Gasteiger partial charge on any atom is 0.472 e. The summed E-state index contributed by atoms with van der Waals surface area (Å²) in [5.74, 6) is -0.806. The fraction of sp³-hybridized carbons (Fsp3) is 0.692. The van der Waals surface area contributed by atoms with Crippen molar-refractivity contribution in [2.75, 3.05) is 47.5 Å². The number of phosphoric ester groups is 1. The van der Waals surface area contributed by atoms with E-state index >= 15 is 0 Å². The standard InChI is InChI=1S/C78H134NO8P/c1-6-8-10-12-14-16-18-20-22-24-26-28-30-32-33-34-35-36-37-38-39-40-41-42-43-44-45-47-49-51-53-55-57-59-61-63-65-67-69-71-78(81)87-76(75-86-88(82,83)85-73-72-79(3,4)5)74-84-77(80)70-68-66-64-62-60-58-56-54-52-50-48-46-31-29-27-25-23-21-19-17-15-13-11-9-7-2/h8,10,14,16,20,22,25-28,32-33,35-36,38-39,41-42,44-45,49,51,76H,6-7,9,11-13,15,17-19,21,23-24,29-31,34,37,40,43,46-48,50,52-75H2,1-5H3/p+1/b10-8-,16-14-,22-20-,27-25-,28-26-,33-32-,36-35-,39-38-,42-41-,45-44-,51-49-. The van der Waals surface area contributed by atoms with Crippen LogP contribution in [0, 0.1) is 0 Å². The molecule has 0 spiro atoms. The van der Waals surface area contributed by atoms with Crippen LogP contribution in [-0.4, -0.2) is 74.9 Å². The third-order valence-corrected chi connectivity index (χ3v) is 16.1. The van der Waals surface area contributed by atoms with Crippen molar-refractivity contribution < 1.29 is 42.1 Å². The van der Waals surface area contributed by atoms with Crippen molar-refractivity contribution in [1.82, 2.24) is 0 Å². The van der Waals surface area contributed by atoms with Gasteiger partial charge < -0.3 is 18.9 Å². The zero-order valence-corrected chi connectivity index (χ0v) is 58.3. The molecular weight excluding hydrogens is 1110 g/mol. The van der Waals surface area contributed by atoms with E-state index < -0.39 is 26.5 Å². The van der Waals surface area contributed by atoms with E-state index in [1.165, 1.54) is 154 Å². The van der Waals surface area contributed by atoms with Crippen LogP contribution in [0.25, 0.3) is 0 Å². The van der Waals surface area contributed by atoms with E-state index in [9.17, 15) is 19.0 Å². The average Bonchev–Trinajstić information content (AvgIpc) is 3.68. The van der Waals surface area contributed by atoms with Crippen molar-refractivity contribution in [3.05, 3.63) is 134 Å². The fourth-order valence-electron chi connectivity index (χ4n) is 9.69. The minimum Gasteiger partial charge on any atom is -0.462 e. The highest BCUT2D eigenvalue weighted by atomic mass is 31.2. The van der Waals surface area contributed by atoms with Crippen molar-refractivity contribution in [2.45, 2.75) is 302 Å². The summed E-state index contributed by atoms with van der Waals surface area (Å²) in [7, 11) is 1.46. The van der Waals surface area contributed by atoms with Gasteiger partial charge in [-0.05, 0) is 116 Å². The van der Waals surface area contributed by atoms with Crippen molar-refractivity contribution in [3.63, 3.8) is 0 Å². The summed E-state index contributed by atoms with van der Waals surface area (Å²) in [6.07, 6.45) is 98.4. The average molecular weight is 1250 g/mol. The van der Waals surface area contributed by atoms with Crippen LogP contribution in [0.5, 0.6) is 0 Å². The Morgan fingerprint density at radius 3 is 0.977 bits per heavy atom. The zero-order valence-electron chi connectivity index (χ0n) is 57.4. The van der Waals surface area contributed by atoms with Crippen molar-refractivity contribution >= 4 is 19.8 Å². The third-order valence-electron chi connectivity index (χ3n) is 15.2. The Labute approximate surface area is 542 Å². The number of carbonyl (C=O) groups excluding carboxylic acids is 2. The maximum absolute atomic E-state index is 12.9. The second kappa shape index (κ2) is 67.5. The highest BCUT2D eigenvalue weighted by Crippen LogP contribution is 2.43. The van der Waals surface area contributed by atoms with Gasteiger partial charge in [0.1, 0.15) is 19.8 Å². The molecule has 88 heavy (non-hydrogen) atoms. The molecule has 504 valence electrons. The number of allylic oxidation sites excluding steroid dienone is 22. The Balaban J connectivity index is 4.11. The van der Waals surface area contributed by atoms with Crippen LogP contribution in [0.4, 0.5) is 0 Å². The van der Waals surface area contributed by atoms with Gasteiger partial charge in [0, 0.05) is 12.8 Å². The summed E-state index contributed by atoms with van der Waals surface area (Å²) in [6, 6.07) is 0. The number of esters is 2. The summed E-state index contributed by atoms with van der Waals surface area (Å²) in [4.78, 5) is 35.9. The molecule has 0 aliphatic carbocycles. The summed E-state index contributed by atoms with van der Waals surface area (Å²) in [5.41, 5.74) is 0. The summed E-state index contributed by atoms with van der Waals surface area (Å²) in [5, 5.41) is 0. The first-order valence-electron chi connectivity index (χ1n) is 35.9. The van der Waals surface area contributed by atoms with Crippen LogP contribution in [0.3, 0.4) is 0 Å². The van der Waals surface area contributed by atoms with Gasteiger partial charge >= 0.3 is 19.8 Å². The van der Waals surface area contributed by atoms with Gasteiger partial charge in [0.2, 0.25) is 0 Å². The molecule has 2 atom stereocenters. The van der Waals surface area contributed by atoms with Gasteiger partial charge in [-0.25, -0.2) is 4.57 Å². The van der Waals surface area contributed by atoms with Gasteiger partial charge in [0.25, 0.3) is 0 Å². The molecule has 0 bridgehead atoms. The fourth-order valence-corrected chi connectivity index (χ4v) is 10.4. The molecule has 0 radical (unpaired) electrons. The number of nitrogens with zero attached hydrogens (tertiary/aromatic N) is 1. The molecule has 2 unspecified atom stereocenters. The number of ether oxygens (including phenoxy) is 2. The number of quaternary nitrogens is 1. The van der Waals surface area contributed by atoms with Crippen molar-refractivity contribution in [2.24, 2.45) is 0 Å². The molecule has 0 aliphatic rings. The van der Waals surface area contributed by atoms with E-state index in [4.69, 9.17) is 18.5 Å². The van der Waals surface area contributed by atoms with Crippen LogP contribution in [0.2, 0.25) is 0 Å². The molecule has 0 aromatic carbocycles. The van der Waals surface area contributed by atoms with E-state index in [2.05, 4.69) is 148 Å². The van der Waals surface area contributed by atoms with E-state index in [1.807, 2.05) is 21.1 Å². The van der Waals surface area contributed by atoms with Crippen LogP contribution in [-0.2, 0) is 32.7 Å². The molecule has 0 aromatic heterocycles. The predicted molar refractivity (Wildman–Crippen MR) is 381 cm³/mol. The number of unbranched alkanes of at least 4 members (excludes halogenated alkanes) is 29. The molecule has 0 saturated heterocycles. The quantitative estimate of drug-likeness (QED) is 0.0211. The number of likely N-dealkylation sites (N-methyl/N-ethyl adjacent to an activating group) is 1. The largest absolute Gasteiger partial charge is 0.472 e. The minimum absolute atomic E-state index is 0.0247. The summed E-state index contributed by atoms with van der Waals surface area (Å²) < 4.78 is 34.7. The van der Waals surface area contributed by atoms with E-state index in [0.717, 1.165) is 109 Å². The lowest BCUT2D eigenvalue weighted by Gasteiger charge is -2.24. The van der Waals surface area contributed by atoms with Crippen LogP contribution >= 0.6 is 7.82 Å². The molecule has 9 nitrogen and oxygen atoms in total. The Morgan fingerprint density at radius 1 is 0.364 bits per heavy atom. The highest BCUT2D eigenvalue weighted by molar-refractivity contribution is 7.47. The predicted octanol–water partition coefficient (Wildman–Crippen LogP) is 23.6. The lowest BCUT2D eigenvalue weighted by atomic mass is 10.0. The Morgan fingerprint density at radius 2 is 0.648 bits per heavy atom. The maximum atomic E-state index is 12.9. The third kappa shape index (κ3) is 71.2. The number of hydrogen-bond donors (Lipinski definition) is 1. The molecule has 0 aliphatic heterocycles. The smallest absolute Gasteiger partial charge is 0.462 e. The number of rotatable bonds is 65. The van der Waals surface area contributed by atoms with Gasteiger partial charge in [0.05, 0.1) is 27.7 Å². The van der Waals surface area contributed by atoms with Crippen molar-refractivity contribution in [1.29, 1.82) is 0 Å². The second-order valence-electron chi connectivity index (χ2n) is 24.9. The molecule has 0 fully saturated rings. The zero-order chi connectivity index (χ0) is 64.1. The van der Waals surface area contributed by atoms with Crippen LogP contribution in [0.1, 0.15) is 296 Å².